The van der Waals surface area contributed by atoms with Crippen LogP contribution in [0.3, 0.4) is 0 Å². The number of rotatable bonds is 4. The minimum atomic E-state index is -4.79. The third-order valence-electron chi connectivity index (χ3n) is 4.86. The zero-order valence-corrected chi connectivity index (χ0v) is 17.6. The minimum Gasteiger partial charge on any atom is -0.406 e. The van der Waals surface area contributed by atoms with Crippen LogP contribution in [0.2, 0.25) is 0 Å². The highest BCUT2D eigenvalue weighted by atomic mass is 32.1. The van der Waals surface area contributed by atoms with Crippen molar-refractivity contribution >= 4 is 38.5 Å². The lowest BCUT2D eigenvalue weighted by Gasteiger charge is -2.32. The monoisotopic (exact) mass is 444 g/mol. The average molecular weight is 444 g/mol. The van der Waals surface area contributed by atoms with E-state index in [1.165, 1.54) is 17.0 Å². The predicted octanol–water partition coefficient (Wildman–Crippen LogP) is 3.50. The first-order chi connectivity index (χ1) is 13.8. The van der Waals surface area contributed by atoms with Gasteiger partial charge < -0.3 is 20.7 Å². The molecule has 1 aliphatic heterocycles. The van der Waals surface area contributed by atoms with E-state index in [0.717, 1.165) is 17.4 Å². The maximum Gasteiger partial charge on any atom is 0.573 e. The lowest BCUT2D eigenvalue weighted by atomic mass is 9.86. The summed E-state index contributed by atoms with van der Waals surface area (Å²) < 4.78 is 41.5. The molecule has 3 N–H and O–H groups in total. The average Bonchev–Trinajstić information content (AvgIpc) is 3.24. The number of hydrogen-bond acceptors (Lipinski definition) is 6. The second kappa shape index (κ2) is 8.03. The number of benzene rings is 1. The van der Waals surface area contributed by atoms with Crippen molar-refractivity contribution in [3.63, 3.8) is 0 Å². The summed E-state index contributed by atoms with van der Waals surface area (Å²) in [6.07, 6.45) is -3.61. The highest BCUT2D eigenvalue weighted by molar-refractivity contribution is 7.22. The topological polar surface area (TPSA) is 97.6 Å². The number of carbonyl (C=O) groups is 2. The molecule has 0 unspecified atom stereocenters. The van der Waals surface area contributed by atoms with E-state index in [0.29, 0.717) is 29.6 Å². The van der Waals surface area contributed by atoms with Gasteiger partial charge >= 0.3 is 6.36 Å². The predicted molar refractivity (Wildman–Crippen MR) is 107 cm³/mol. The highest BCUT2D eigenvalue weighted by Gasteiger charge is 2.39. The van der Waals surface area contributed by atoms with Crippen LogP contribution in [0.4, 0.5) is 18.3 Å². The molecular weight excluding hydrogens is 421 g/mol. The normalized spacial score (nSPS) is 18.5. The number of hydrogen-bond donors (Lipinski definition) is 2. The van der Waals surface area contributed by atoms with Crippen LogP contribution in [0.5, 0.6) is 5.75 Å². The summed E-state index contributed by atoms with van der Waals surface area (Å²) in [7, 11) is 0. The van der Waals surface area contributed by atoms with Crippen molar-refractivity contribution in [3.05, 3.63) is 18.2 Å². The van der Waals surface area contributed by atoms with Gasteiger partial charge in [-0.1, -0.05) is 32.1 Å². The fourth-order valence-electron chi connectivity index (χ4n) is 3.20. The van der Waals surface area contributed by atoms with E-state index in [-0.39, 0.29) is 16.8 Å². The smallest absolute Gasteiger partial charge is 0.406 e. The van der Waals surface area contributed by atoms with Gasteiger partial charge in [-0.3, -0.25) is 9.59 Å². The molecule has 7 nitrogen and oxygen atoms in total. The Morgan fingerprint density at radius 3 is 2.67 bits per heavy atom. The third-order valence-corrected chi connectivity index (χ3v) is 5.79. The number of aromatic nitrogens is 1. The van der Waals surface area contributed by atoms with Crippen LogP contribution in [0.1, 0.15) is 33.6 Å². The van der Waals surface area contributed by atoms with Crippen molar-refractivity contribution in [1.82, 2.24) is 9.88 Å². The Morgan fingerprint density at radius 2 is 2.03 bits per heavy atom. The quantitative estimate of drug-likeness (QED) is 0.752. The number of anilines is 1. The maximum absolute atomic E-state index is 12.8. The van der Waals surface area contributed by atoms with Gasteiger partial charge in [-0.2, -0.15) is 0 Å². The van der Waals surface area contributed by atoms with E-state index >= 15 is 0 Å². The Kier molecular flexibility index (Phi) is 5.96. The highest BCUT2D eigenvalue weighted by Crippen LogP contribution is 2.32. The maximum atomic E-state index is 12.8. The molecule has 164 valence electrons. The molecule has 1 saturated heterocycles. The zero-order valence-electron chi connectivity index (χ0n) is 16.7. The molecule has 0 radical (unpaired) electrons. The van der Waals surface area contributed by atoms with Gasteiger partial charge in [0.2, 0.25) is 11.8 Å². The Bertz CT molecular complexity index is 955. The van der Waals surface area contributed by atoms with Gasteiger partial charge in [0.25, 0.3) is 0 Å². The second-order valence-electron chi connectivity index (χ2n) is 8.22. The van der Waals surface area contributed by atoms with E-state index in [2.05, 4.69) is 15.0 Å². The Labute approximate surface area is 175 Å². The molecule has 1 aromatic carbocycles. The molecule has 0 bridgehead atoms. The first-order valence-corrected chi connectivity index (χ1v) is 10.2. The summed E-state index contributed by atoms with van der Waals surface area (Å²) in [6.45, 7) is 6.02. The number of halogens is 3. The molecular formula is C19H23F3N4O3S. The molecule has 0 aliphatic carbocycles. The lowest BCUT2D eigenvalue weighted by Crippen LogP contribution is -2.54. The molecule has 2 heterocycles. The van der Waals surface area contributed by atoms with Gasteiger partial charge in [0.15, 0.2) is 5.13 Å². The molecule has 11 heteroatoms. The lowest BCUT2D eigenvalue weighted by molar-refractivity contribution is -0.274. The van der Waals surface area contributed by atoms with Crippen molar-refractivity contribution in [2.45, 2.75) is 52.1 Å². The van der Waals surface area contributed by atoms with E-state index in [1.54, 1.807) is 0 Å². The van der Waals surface area contributed by atoms with Crippen LogP contribution in [0.25, 0.3) is 10.2 Å². The summed E-state index contributed by atoms with van der Waals surface area (Å²) in [4.78, 5) is 31.3. The number of nitrogens with two attached hydrogens (primary N) is 1. The van der Waals surface area contributed by atoms with E-state index < -0.39 is 29.8 Å². The number of fused-ring (bicyclic) bond motifs is 1. The molecule has 2 atom stereocenters. The van der Waals surface area contributed by atoms with Gasteiger partial charge in [-0.05, 0) is 30.4 Å². The Hall–Kier alpha value is -2.40. The number of alkyl halides is 3. The van der Waals surface area contributed by atoms with E-state index in [9.17, 15) is 22.8 Å². The van der Waals surface area contributed by atoms with Gasteiger partial charge in [0.1, 0.15) is 11.8 Å². The minimum absolute atomic E-state index is 0.235. The number of carbonyl (C=O) groups excluding carboxylic acids is 2. The number of amides is 2. The summed E-state index contributed by atoms with van der Waals surface area (Å²) in [5.74, 6) is -1.04. The molecule has 30 heavy (non-hydrogen) atoms. The summed E-state index contributed by atoms with van der Waals surface area (Å²) >= 11 is 1.03. The van der Waals surface area contributed by atoms with Crippen molar-refractivity contribution in [2.24, 2.45) is 11.1 Å². The van der Waals surface area contributed by atoms with Gasteiger partial charge in [-0.25, -0.2) is 4.98 Å². The standard InChI is InChI=1S/C19H23F3N4O3S/c1-18(2,3)14(23)16(28)26-8-4-5-12(26)15(27)25-17-24-11-7-6-10(9-13(11)30-17)29-19(20,21)22/h6-7,9,12,14H,4-5,8,23H2,1-3H3,(H,24,25,27)/t12-,14+/m0/s1. The summed E-state index contributed by atoms with van der Waals surface area (Å²) in [5, 5.41) is 2.91. The molecule has 0 saturated carbocycles. The molecule has 2 amide bonds. The molecule has 1 aromatic heterocycles. The molecule has 0 spiro atoms. The van der Waals surface area contributed by atoms with Crippen molar-refractivity contribution in [1.29, 1.82) is 0 Å². The molecule has 2 aromatic rings. The molecule has 1 aliphatic rings. The third kappa shape index (κ3) is 5.01. The van der Waals surface area contributed by atoms with Crippen molar-refractivity contribution in [3.8, 4) is 5.75 Å². The van der Waals surface area contributed by atoms with Crippen LogP contribution in [0, 0.1) is 5.41 Å². The van der Waals surface area contributed by atoms with Crippen LogP contribution in [-0.2, 0) is 9.59 Å². The van der Waals surface area contributed by atoms with Crippen LogP contribution in [-0.4, -0.2) is 46.7 Å². The SMILES string of the molecule is CC(C)(C)[C@H](N)C(=O)N1CCC[C@H]1C(=O)Nc1nc2ccc(OC(F)(F)F)cc2s1. The Balaban J connectivity index is 1.73. The van der Waals surface area contributed by atoms with E-state index in [1.807, 2.05) is 20.8 Å². The summed E-state index contributed by atoms with van der Waals surface area (Å²) in [5.41, 5.74) is 6.06. The number of thiazole rings is 1. The first kappa shape index (κ1) is 22.3. The van der Waals surface area contributed by atoms with Crippen molar-refractivity contribution < 1.29 is 27.5 Å². The van der Waals surface area contributed by atoms with Crippen LogP contribution < -0.4 is 15.8 Å². The molecule has 3 rings (SSSR count). The van der Waals surface area contributed by atoms with Gasteiger partial charge in [-0.15, -0.1) is 13.2 Å². The fourth-order valence-corrected chi connectivity index (χ4v) is 4.09. The number of nitrogens with zero attached hydrogens (tertiary/aromatic N) is 2. The van der Waals surface area contributed by atoms with Crippen LogP contribution >= 0.6 is 11.3 Å². The molecule has 1 fully saturated rings. The second-order valence-corrected chi connectivity index (χ2v) is 9.25. The van der Waals surface area contributed by atoms with Gasteiger partial charge in [0.05, 0.1) is 16.3 Å². The van der Waals surface area contributed by atoms with E-state index in [4.69, 9.17) is 5.73 Å². The fraction of sp³-hybridized carbons (Fsp3) is 0.526. The zero-order chi connectivity index (χ0) is 22.3. The largest absolute Gasteiger partial charge is 0.573 e. The number of ether oxygens (including phenoxy) is 1. The Morgan fingerprint density at radius 1 is 1.33 bits per heavy atom. The van der Waals surface area contributed by atoms with Crippen LogP contribution in [0.15, 0.2) is 18.2 Å². The van der Waals surface area contributed by atoms with Crippen molar-refractivity contribution in [2.75, 3.05) is 11.9 Å². The number of likely N-dealkylation sites (tertiary alicyclic amines) is 1. The summed E-state index contributed by atoms with van der Waals surface area (Å²) in [6, 6.07) is 2.36. The first-order valence-electron chi connectivity index (χ1n) is 9.38. The van der Waals surface area contributed by atoms with Gasteiger partial charge in [0, 0.05) is 12.6 Å². The number of nitrogens with one attached hydrogen (secondary N) is 1.